The van der Waals surface area contributed by atoms with Crippen molar-refractivity contribution in [2.75, 3.05) is 20.2 Å². The minimum atomic E-state index is 0.846. The number of aliphatic imine (C=N–C) groups is 1. The van der Waals surface area contributed by atoms with Gasteiger partial charge in [-0.15, -0.1) is 0 Å². The quantitative estimate of drug-likeness (QED) is 0.592. The highest BCUT2D eigenvalue weighted by Crippen LogP contribution is 2.26. The summed E-state index contributed by atoms with van der Waals surface area (Å²) in [5, 5.41) is 3.30. The van der Waals surface area contributed by atoms with Gasteiger partial charge in [-0.05, 0) is 35.4 Å². The molecule has 138 valence electrons. The van der Waals surface area contributed by atoms with Gasteiger partial charge in [0.25, 0.3) is 0 Å². The van der Waals surface area contributed by atoms with E-state index in [9.17, 15) is 0 Å². The average molecular weight is 368 g/mol. The van der Waals surface area contributed by atoms with Crippen LogP contribution in [0.2, 0.25) is 0 Å². The molecule has 2 aromatic heterocycles. The lowest BCUT2D eigenvalue weighted by Crippen LogP contribution is -2.19. The van der Waals surface area contributed by atoms with E-state index in [1.165, 1.54) is 0 Å². The molecule has 5 heteroatoms. The molecule has 0 amide bonds. The van der Waals surface area contributed by atoms with Gasteiger partial charge in [-0.1, -0.05) is 36.4 Å². The van der Waals surface area contributed by atoms with Crippen LogP contribution < -0.4 is 10.1 Å². The number of amidine groups is 1. The number of nitrogens with one attached hydrogen (secondary N) is 1. The van der Waals surface area contributed by atoms with Crippen molar-refractivity contribution in [3.8, 4) is 28.1 Å². The zero-order chi connectivity index (χ0) is 18.9. The maximum atomic E-state index is 5.34. The highest BCUT2D eigenvalue weighted by molar-refractivity contribution is 6.00. The fraction of sp³-hybridized carbons (Fsp3) is 0.130. The van der Waals surface area contributed by atoms with Crippen molar-refractivity contribution in [1.82, 2.24) is 14.7 Å². The first-order valence-electron chi connectivity index (χ1n) is 9.32. The number of hydrogen-bond donors (Lipinski definition) is 1. The molecule has 0 bridgehead atoms. The first-order chi connectivity index (χ1) is 13.8. The van der Waals surface area contributed by atoms with Gasteiger partial charge in [0.1, 0.15) is 17.2 Å². The molecule has 0 saturated carbocycles. The molecule has 0 spiro atoms. The highest BCUT2D eigenvalue weighted by atomic mass is 16.5. The zero-order valence-corrected chi connectivity index (χ0v) is 15.6. The molecule has 1 aliphatic rings. The largest absolute Gasteiger partial charge is 0.497 e. The van der Waals surface area contributed by atoms with Crippen molar-refractivity contribution in [1.29, 1.82) is 0 Å². The first kappa shape index (κ1) is 16.6. The minimum Gasteiger partial charge on any atom is -0.497 e. The van der Waals surface area contributed by atoms with Gasteiger partial charge < -0.3 is 14.5 Å². The molecule has 2 aromatic carbocycles. The Morgan fingerprint density at radius 2 is 1.71 bits per heavy atom. The summed E-state index contributed by atoms with van der Waals surface area (Å²) in [7, 11) is 1.69. The summed E-state index contributed by atoms with van der Waals surface area (Å²) in [6.45, 7) is 1.76. The summed E-state index contributed by atoms with van der Waals surface area (Å²) in [5.74, 6) is 1.83. The molecular formula is C23H20N4O. The summed E-state index contributed by atoms with van der Waals surface area (Å²) in [6.07, 6.45) is 4.17. The summed E-state index contributed by atoms with van der Waals surface area (Å²) in [4.78, 5) is 9.24. The maximum Gasteiger partial charge on any atom is 0.137 e. The van der Waals surface area contributed by atoms with E-state index in [1.807, 2.05) is 24.3 Å². The predicted octanol–water partition coefficient (Wildman–Crippen LogP) is 4.03. The van der Waals surface area contributed by atoms with E-state index in [0.717, 1.165) is 58.3 Å². The van der Waals surface area contributed by atoms with Crippen molar-refractivity contribution in [3.63, 3.8) is 0 Å². The number of pyridine rings is 1. The lowest BCUT2D eigenvalue weighted by Gasteiger charge is -2.05. The van der Waals surface area contributed by atoms with E-state index in [1.54, 1.807) is 7.11 Å². The average Bonchev–Trinajstić information content (AvgIpc) is 3.43. The van der Waals surface area contributed by atoms with Crippen molar-refractivity contribution >= 4 is 11.5 Å². The van der Waals surface area contributed by atoms with Gasteiger partial charge >= 0.3 is 0 Å². The highest BCUT2D eigenvalue weighted by Gasteiger charge is 2.10. The van der Waals surface area contributed by atoms with Crippen molar-refractivity contribution in [2.24, 2.45) is 4.99 Å². The summed E-state index contributed by atoms with van der Waals surface area (Å²) in [5.41, 5.74) is 6.32. The van der Waals surface area contributed by atoms with Crippen LogP contribution in [-0.2, 0) is 0 Å². The molecule has 5 rings (SSSR count). The molecule has 0 unspecified atom stereocenters. The van der Waals surface area contributed by atoms with Crippen molar-refractivity contribution in [3.05, 3.63) is 78.6 Å². The number of ether oxygens (including phenoxy) is 1. The molecule has 3 heterocycles. The SMILES string of the molecule is COc1cccc(-c2ccc3nc(-c4ccc(C5=NCCN5)cc4)cn3c2)c1. The standard InChI is InChI=1S/C23H20N4O/c1-28-20-4-2-3-18(13-20)19-9-10-22-26-21(15-27(22)14-19)16-5-7-17(8-6-16)23-24-11-12-25-23/h2-10,13-15H,11-12H2,1H3,(H,24,25). The van der Waals surface area contributed by atoms with E-state index >= 15 is 0 Å². The van der Waals surface area contributed by atoms with Crippen LogP contribution in [0, 0.1) is 0 Å². The summed E-state index contributed by atoms with van der Waals surface area (Å²) >= 11 is 0. The summed E-state index contributed by atoms with van der Waals surface area (Å²) in [6, 6.07) is 20.6. The molecular weight excluding hydrogens is 348 g/mol. The van der Waals surface area contributed by atoms with Gasteiger partial charge in [0.15, 0.2) is 0 Å². The Morgan fingerprint density at radius 1 is 0.893 bits per heavy atom. The monoisotopic (exact) mass is 368 g/mol. The third-order valence-electron chi connectivity index (χ3n) is 4.98. The first-order valence-corrected chi connectivity index (χ1v) is 9.32. The van der Waals surface area contributed by atoms with E-state index in [-0.39, 0.29) is 0 Å². The molecule has 5 nitrogen and oxygen atoms in total. The van der Waals surface area contributed by atoms with Crippen molar-refractivity contribution < 1.29 is 4.74 Å². The van der Waals surface area contributed by atoms with Gasteiger partial charge in [0, 0.05) is 30.1 Å². The number of rotatable bonds is 4. The van der Waals surface area contributed by atoms with Gasteiger partial charge in [-0.2, -0.15) is 0 Å². The Morgan fingerprint density at radius 3 is 2.50 bits per heavy atom. The third kappa shape index (κ3) is 3.01. The number of fused-ring (bicyclic) bond motifs is 1. The molecule has 1 N–H and O–H groups in total. The fourth-order valence-corrected chi connectivity index (χ4v) is 3.49. The van der Waals surface area contributed by atoms with Crippen LogP contribution >= 0.6 is 0 Å². The van der Waals surface area contributed by atoms with Crippen LogP contribution in [-0.4, -0.2) is 35.4 Å². The Balaban J connectivity index is 1.48. The van der Waals surface area contributed by atoms with Crippen LogP contribution in [0.25, 0.3) is 28.0 Å². The smallest absolute Gasteiger partial charge is 0.137 e. The zero-order valence-electron chi connectivity index (χ0n) is 15.6. The lowest BCUT2D eigenvalue weighted by molar-refractivity contribution is 0.415. The Bertz CT molecular complexity index is 1170. The number of imidazole rings is 1. The normalized spacial score (nSPS) is 13.4. The number of hydrogen-bond acceptors (Lipinski definition) is 4. The van der Waals surface area contributed by atoms with Crippen molar-refractivity contribution in [2.45, 2.75) is 0 Å². The Hall–Kier alpha value is -3.60. The molecule has 0 fully saturated rings. The molecule has 4 aromatic rings. The third-order valence-corrected chi connectivity index (χ3v) is 4.98. The molecule has 28 heavy (non-hydrogen) atoms. The number of methoxy groups -OCH3 is 1. The van der Waals surface area contributed by atoms with E-state index < -0.39 is 0 Å². The lowest BCUT2D eigenvalue weighted by atomic mass is 10.1. The van der Waals surface area contributed by atoms with Crippen LogP contribution in [0.15, 0.2) is 78.0 Å². The fourth-order valence-electron chi connectivity index (χ4n) is 3.49. The van der Waals surface area contributed by atoms with E-state index in [4.69, 9.17) is 9.72 Å². The van der Waals surface area contributed by atoms with E-state index in [2.05, 4.69) is 63.5 Å². The van der Waals surface area contributed by atoms with Gasteiger partial charge in [0.2, 0.25) is 0 Å². The number of benzene rings is 2. The van der Waals surface area contributed by atoms with Gasteiger partial charge in [0.05, 0.1) is 19.3 Å². The number of nitrogens with zero attached hydrogens (tertiary/aromatic N) is 3. The van der Waals surface area contributed by atoms with Crippen LogP contribution in [0.3, 0.4) is 0 Å². The second kappa shape index (κ2) is 6.85. The Labute approximate surface area is 163 Å². The molecule has 1 aliphatic heterocycles. The maximum absolute atomic E-state index is 5.34. The van der Waals surface area contributed by atoms with E-state index in [0.29, 0.717) is 0 Å². The second-order valence-electron chi connectivity index (χ2n) is 6.78. The molecule has 0 atom stereocenters. The van der Waals surface area contributed by atoms with Gasteiger partial charge in [-0.3, -0.25) is 4.99 Å². The Kier molecular flexibility index (Phi) is 4.05. The van der Waals surface area contributed by atoms with Crippen LogP contribution in [0.4, 0.5) is 0 Å². The van der Waals surface area contributed by atoms with Gasteiger partial charge in [-0.25, -0.2) is 4.98 Å². The second-order valence-corrected chi connectivity index (χ2v) is 6.78. The summed E-state index contributed by atoms with van der Waals surface area (Å²) < 4.78 is 7.41. The minimum absolute atomic E-state index is 0.846. The predicted molar refractivity (Wildman–Crippen MR) is 112 cm³/mol. The van der Waals surface area contributed by atoms with Crippen LogP contribution in [0.1, 0.15) is 5.56 Å². The molecule has 0 aliphatic carbocycles. The molecule has 0 saturated heterocycles. The topological polar surface area (TPSA) is 50.9 Å². The number of aromatic nitrogens is 2. The van der Waals surface area contributed by atoms with Crippen LogP contribution in [0.5, 0.6) is 5.75 Å². The molecule has 0 radical (unpaired) electrons.